The summed E-state index contributed by atoms with van der Waals surface area (Å²) in [6, 6.07) is 7.71. The third kappa shape index (κ3) is 5.38. The van der Waals surface area contributed by atoms with Crippen molar-refractivity contribution < 1.29 is 22.5 Å². The monoisotopic (exact) mass is 465 g/mol. The quantitative estimate of drug-likeness (QED) is 0.683. The number of hydrogen-bond donors (Lipinski definition) is 1. The number of hydrogen-bond acceptors (Lipinski definition) is 4. The Balaban J connectivity index is 1.31. The van der Waals surface area contributed by atoms with Crippen molar-refractivity contribution in [2.75, 3.05) is 23.9 Å². The average Bonchev–Trinajstić information content (AvgIpc) is 3.16. The lowest BCUT2D eigenvalue weighted by atomic mass is 10.0. The molecule has 1 amide bonds. The predicted octanol–water partition coefficient (Wildman–Crippen LogP) is 3.80. The number of pyridine rings is 1. The Kier molecular flexibility index (Phi) is 6.67. The van der Waals surface area contributed by atoms with Crippen molar-refractivity contribution in [2.45, 2.75) is 44.4 Å². The van der Waals surface area contributed by atoms with Crippen LogP contribution in [0.25, 0.3) is 0 Å². The standard InChI is InChI=1S/C23H26F3N3O2S/c1-29(22(30)15-6-8-32(31)9-7-15)14-20-5-4-19(13-27-20)28-21-11-16-2-3-18(23(24,25)26)10-17(16)12-21/h2-5,10,13,15,21,28H,6-9,11-12,14H2,1H3. The smallest absolute Gasteiger partial charge is 0.416 e. The maximum atomic E-state index is 12.9. The van der Waals surface area contributed by atoms with Gasteiger partial charge in [0.25, 0.3) is 0 Å². The molecule has 1 aromatic carbocycles. The SMILES string of the molecule is CN(Cc1ccc(NC2Cc3ccc(C(F)(F)F)cc3C2)cn1)C(=O)C1CC[S+]([O-])CC1. The van der Waals surface area contributed by atoms with Crippen LogP contribution in [0.3, 0.4) is 0 Å². The molecule has 0 radical (unpaired) electrons. The fraction of sp³-hybridized carbons (Fsp3) is 0.478. The fourth-order valence-electron chi connectivity index (χ4n) is 4.41. The van der Waals surface area contributed by atoms with Crippen LogP contribution in [-0.4, -0.2) is 44.9 Å². The number of rotatable bonds is 5. The third-order valence-corrected chi connectivity index (χ3v) is 7.56. The molecule has 32 heavy (non-hydrogen) atoms. The second kappa shape index (κ2) is 9.31. The largest absolute Gasteiger partial charge is 0.616 e. The van der Waals surface area contributed by atoms with Crippen LogP contribution in [0.1, 0.15) is 35.2 Å². The first kappa shape index (κ1) is 22.9. The van der Waals surface area contributed by atoms with Crippen molar-refractivity contribution in [3.63, 3.8) is 0 Å². The molecule has 1 aliphatic carbocycles. The van der Waals surface area contributed by atoms with Gasteiger partial charge in [-0.05, 0) is 48.2 Å². The Morgan fingerprint density at radius 1 is 1.19 bits per heavy atom. The van der Waals surface area contributed by atoms with Gasteiger partial charge >= 0.3 is 6.18 Å². The van der Waals surface area contributed by atoms with Gasteiger partial charge in [-0.3, -0.25) is 9.78 Å². The molecule has 172 valence electrons. The number of nitrogens with one attached hydrogen (secondary N) is 1. The number of fused-ring (bicyclic) bond motifs is 1. The minimum Gasteiger partial charge on any atom is -0.616 e. The number of benzene rings is 1. The zero-order valence-corrected chi connectivity index (χ0v) is 18.6. The van der Waals surface area contributed by atoms with E-state index in [4.69, 9.17) is 0 Å². The molecule has 1 fully saturated rings. The molecule has 0 bridgehead atoms. The molecular formula is C23H26F3N3O2S. The molecule has 2 aromatic rings. The topological polar surface area (TPSA) is 68.3 Å². The molecule has 1 unspecified atom stereocenters. The van der Waals surface area contributed by atoms with Crippen molar-refractivity contribution in [1.82, 2.24) is 9.88 Å². The Hall–Kier alpha value is -2.26. The average molecular weight is 466 g/mol. The number of carbonyl (C=O) groups excluding carboxylic acids is 1. The minimum absolute atomic E-state index is 0.0160. The van der Waals surface area contributed by atoms with E-state index >= 15 is 0 Å². The number of anilines is 1. The molecule has 5 nitrogen and oxygen atoms in total. The summed E-state index contributed by atoms with van der Waals surface area (Å²) in [4.78, 5) is 18.7. The highest BCUT2D eigenvalue weighted by Gasteiger charge is 2.33. The predicted molar refractivity (Wildman–Crippen MR) is 118 cm³/mol. The molecule has 9 heteroatoms. The van der Waals surface area contributed by atoms with Crippen LogP contribution in [0, 0.1) is 5.92 Å². The lowest BCUT2D eigenvalue weighted by Crippen LogP contribution is -2.37. The van der Waals surface area contributed by atoms with Crippen LogP contribution < -0.4 is 5.32 Å². The number of nitrogens with zero attached hydrogens (tertiary/aromatic N) is 2. The first-order valence-electron chi connectivity index (χ1n) is 10.7. The van der Waals surface area contributed by atoms with Crippen LogP contribution in [0.15, 0.2) is 36.5 Å². The Morgan fingerprint density at radius 3 is 2.56 bits per heavy atom. The maximum Gasteiger partial charge on any atom is 0.416 e. The van der Waals surface area contributed by atoms with Crippen molar-refractivity contribution in [3.8, 4) is 0 Å². The lowest BCUT2D eigenvalue weighted by Gasteiger charge is -2.27. The number of aromatic nitrogens is 1. The van der Waals surface area contributed by atoms with Gasteiger partial charge < -0.3 is 14.8 Å². The molecule has 4 rings (SSSR count). The summed E-state index contributed by atoms with van der Waals surface area (Å²) in [6.07, 6.45) is -0.101. The van der Waals surface area contributed by atoms with Crippen LogP contribution in [-0.2, 0) is 41.5 Å². The van der Waals surface area contributed by atoms with Gasteiger partial charge in [-0.15, -0.1) is 0 Å². The molecule has 1 N–H and O–H groups in total. The highest BCUT2D eigenvalue weighted by molar-refractivity contribution is 7.91. The van der Waals surface area contributed by atoms with Gasteiger partial charge in [0.1, 0.15) is 11.5 Å². The van der Waals surface area contributed by atoms with Crippen molar-refractivity contribution >= 4 is 22.8 Å². The molecule has 1 saturated heterocycles. The van der Waals surface area contributed by atoms with E-state index in [9.17, 15) is 22.5 Å². The van der Waals surface area contributed by atoms with E-state index < -0.39 is 22.9 Å². The summed E-state index contributed by atoms with van der Waals surface area (Å²) in [6.45, 7) is 0.397. The first-order chi connectivity index (χ1) is 15.2. The van der Waals surface area contributed by atoms with E-state index in [1.165, 1.54) is 6.07 Å². The van der Waals surface area contributed by atoms with E-state index in [0.717, 1.165) is 28.6 Å². The lowest BCUT2D eigenvalue weighted by molar-refractivity contribution is -0.137. The summed E-state index contributed by atoms with van der Waals surface area (Å²) in [5.74, 6) is 1.17. The summed E-state index contributed by atoms with van der Waals surface area (Å²) in [7, 11) is 1.76. The van der Waals surface area contributed by atoms with Gasteiger partial charge in [0.15, 0.2) is 0 Å². The Bertz CT molecular complexity index is 960. The van der Waals surface area contributed by atoms with E-state index in [1.807, 2.05) is 12.1 Å². The van der Waals surface area contributed by atoms with Gasteiger partial charge in [0, 0.05) is 31.8 Å². The highest BCUT2D eigenvalue weighted by Crippen LogP contribution is 2.33. The van der Waals surface area contributed by atoms with Crippen molar-refractivity contribution in [1.29, 1.82) is 0 Å². The molecule has 2 heterocycles. The minimum atomic E-state index is -4.33. The second-order valence-corrected chi connectivity index (χ2v) is 10.3. The Labute approximate surface area is 188 Å². The zero-order chi connectivity index (χ0) is 22.9. The van der Waals surface area contributed by atoms with Gasteiger partial charge in [-0.25, -0.2) is 0 Å². The van der Waals surface area contributed by atoms with Crippen molar-refractivity contribution in [2.24, 2.45) is 5.92 Å². The number of carbonyl (C=O) groups is 1. The third-order valence-electron chi connectivity index (χ3n) is 6.17. The molecule has 0 spiro atoms. The van der Waals surface area contributed by atoms with Gasteiger partial charge in [-0.1, -0.05) is 17.2 Å². The van der Waals surface area contributed by atoms with E-state index in [1.54, 1.807) is 24.2 Å². The molecule has 1 aromatic heterocycles. The molecule has 1 aliphatic heterocycles. The fourth-order valence-corrected chi connectivity index (χ4v) is 5.71. The zero-order valence-electron chi connectivity index (χ0n) is 17.8. The second-order valence-electron chi connectivity index (χ2n) is 8.59. The van der Waals surface area contributed by atoms with Gasteiger partial charge in [0.2, 0.25) is 5.91 Å². The van der Waals surface area contributed by atoms with Crippen molar-refractivity contribution in [3.05, 3.63) is 58.9 Å². The summed E-state index contributed by atoms with van der Waals surface area (Å²) < 4.78 is 50.3. The highest BCUT2D eigenvalue weighted by atomic mass is 32.2. The van der Waals surface area contributed by atoms with Crippen LogP contribution in [0.2, 0.25) is 0 Å². The summed E-state index contributed by atoms with van der Waals surface area (Å²) in [5, 5.41) is 3.35. The summed E-state index contributed by atoms with van der Waals surface area (Å²) >= 11 is -0.792. The van der Waals surface area contributed by atoms with Crippen LogP contribution in [0.5, 0.6) is 0 Å². The molecule has 1 atom stereocenters. The Morgan fingerprint density at radius 2 is 1.91 bits per heavy atom. The first-order valence-corrected chi connectivity index (χ1v) is 12.2. The molecule has 0 saturated carbocycles. The van der Waals surface area contributed by atoms with Gasteiger partial charge in [0.05, 0.1) is 29.7 Å². The van der Waals surface area contributed by atoms with Crippen LogP contribution >= 0.6 is 0 Å². The number of amides is 1. The van der Waals surface area contributed by atoms with Gasteiger partial charge in [-0.2, -0.15) is 13.2 Å². The molecular weight excluding hydrogens is 439 g/mol. The number of halogens is 3. The molecule has 2 aliphatic rings. The normalized spacial score (nSPS) is 23.0. The summed E-state index contributed by atoms with van der Waals surface area (Å²) in [5.41, 5.74) is 2.62. The van der Waals surface area contributed by atoms with E-state index in [-0.39, 0.29) is 17.9 Å². The van der Waals surface area contributed by atoms with E-state index in [2.05, 4.69) is 10.3 Å². The van der Waals surface area contributed by atoms with Crippen LogP contribution in [0.4, 0.5) is 18.9 Å². The number of alkyl halides is 3. The maximum absolute atomic E-state index is 12.9. The van der Waals surface area contributed by atoms with E-state index in [0.29, 0.717) is 43.7 Å².